The number of hydrogen-bond donors (Lipinski definition) is 0. The van der Waals surface area contributed by atoms with Crippen molar-refractivity contribution < 1.29 is 14.2 Å². The summed E-state index contributed by atoms with van der Waals surface area (Å²) >= 11 is 0. The van der Waals surface area contributed by atoms with Gasteiger partial charge in [0.05, 0.1) is 0 Å². The summed E-state index contributed by atoms with van der Waals surface area (Å²) in [5.41, 5.74) is 6.04. The van der Waals surface area contributed by atoms with Crippen LogP contribution in [0.15, 0.2) is 115 Å². The minimum atomic E-state index is 0.000936. The Morgan fingerprint density at radius 1 is 0.694 bits per heavy atom. The summed E-state index contributed by atoms with van der Waals surface area (Å²) in [5.74, 6) is 3.46. The Morgan fingerprint density at radius 3 is 1.97 bits per heavy atom. The van der Waals surface area contributed by atoms with Gasteiger partial charge in [0, 0.05) is 11.5 Å². The van der Waals surface area contributed by atoms with Gasteiger partial charge in [-0.3, -0.25) is 0 Å². The van der Waals surface area contributed by atoms with E-state index in [-0.39, 0.29) is 6.10 Å². The molecular formula is C33H30O3. The zero-order valence-corrected chi connectivity index (χ0v) is 20.3. The quantitative estimate of drug-likeness (QED) is 0.254. The molecule has 3 unspecified atom stereocenters. The molecule has 0 saturated heterocycles. The first-order chi connectivity index (χ1) is 17.7. The topological polar surface area (TPSA) is 27.7 Å². The van der Waals surface area contributed by atoms with Crippen molar-refractivity contribution in [2.24, 2.45) is 5.92 Å². The van der Waals surface area contributed by atoms with Gasteiger partial charge in [-0.15, -0.1) is 0 Å². The van der Waals surface area contributed by atoms with E-state index in [1.807, 2.05) is 42.5 Å². The highest BCUT2D eigenvalue weighted by Gasteiger charge is 2.43. The lowest BCUT2D eigenvalue weighted by molar-refractivity contribution is 0.104. The maximum absolute atomic E-state index is 6.63. The van der Waals surface area contributed by atoms with Crippen LogP contribution in [0.3, 0.4) is 0 Å². The van der Waals surface area contributed by atoms with Gasteiger partial charge in [-0.2, -0.15) is 0 Å². The van der Waals surface area contributed by atoms with Crippen LogP contribution in [-0.2, 0) is 13.2 Å². The third-order valence-electron chi connectivity index (χ3n) is 7.28. The van der Waals surface area contributed by atoms with E-state index in [1.54, 1.807) is 0 Å². The highest BCUT2D eigenvalue weighted by atomic mass is 16.5. The number of hydrogen-bond acceptors (Lipinski definition) is 3. The Hall–Kier alpha value is -3.98. The van der Waals surface area contributed by atoms with Crippen LogP contribution in [0.1, 0.15) is 47.1 Å². The van der Waals surface area contributed by atoms with Crippen molar-refractivity contribution in [3.63, 3.8) is 0 Å². The molecule has 0 radical (unpaired) electrons. The van der Waals surface area contributed by atoms with E-state index < -0.39 is 0 Å². The predicted molar refractivity (Wildman–Crippen MR) is 142 cm³/mol. The smallest absolute Gasteiger partial charge is 0.127 e. The number of rotatable bonds is 7. The third kappa shape index (κ3) is 4.74. The maximum atomic E-state index is 6.63. The van der Waals surface area contributed by atoms with Crippen molar-refractivity contribution in [1.82, 2.24) is 0 Å². The van der Waals surface area contributed by atoms with Crippen LogP contribution >= 0.6 is 0 Å². The Bertz CT molecular complexity index is 1330. The van der Waals surface area contributed by atoms with Gasteiger partial charge in [-0.05, 0) is 65.8 Å². The zero-order chi connectivity index (χ0) is 24.3. The van der Waals surface area contributed by atoms with Gasteiger partial charge in [0.15, 0.2) is 0 Å². The zero-order valence-electron chi connectivity index (χ0n) is 20.3. The first-order valence-corrected chi connectivity index (χ1v) is 12.6. The fourth-order valence-electron chi connectivity index (χ4n) is 5.47. The molecule has 36 heavy (non-hydrogen) atoms. The predicted octanol–water partition coefficient (Wildman–Crippen LogP) is 8.03. The van der Waals surface area contributed by atoms with Crippen molar-refractivity contribution >= 4 is 0 Å². The fraction of sp³-hybridized carbons (Fsp3) is 0.212. The monoisotopic (exact) mass is 474 g/mol. The molecule has 3 atom stereocenters. The Balaban J connectivity index is 1.19. The molecule has 0 bridgehead atoms. The second-order valence-corrected chi connectivity index (χ2v) is 9.78. The molecule has 3 nitrogen and oxygen atoms in total. The number of benzene rings is 4. The maximum Gasteiger partial charge on any atom is 0.127 e. The molecule has 0 spiro atoms. The van der Waals surface area contributed by atoms with E-state index in [0.29, 0.717) is 25.0 Å². The summed E-state index contributed by atoms with van der Waals surface area (Å²) in [7, 11) is 0. The molecule has 1 saturated carbocycles. The summed E-state index contributed by atoms with van der Waals surface area (Å²) in [6, 6.07) is 35.2. The largest absolute Gasteiger partial charge is 0.489 e. The van der Waals surface area contributed by atoms with E-state index in [2.05, 4.69) is 67.2 Å². The van der Waals surface area contributed by atoms with Crippen molar-refractivity contribution in [2.45, 2.75) is 38.1 Å². The minimum Gasteiger partial charge on any atom is -0.489 e. The van der Waals surface area contributed by atoms with E-state index in [4.69, 9.17) is 14.2 Å². The molecule has 3 heteroatoms. The van der Waals surface area contributed by atoms with Gasteiger partial charge < -0.3 is 14.2 Å². The molecule has 2 aliphatic rings. The van der Waals surface area contributed by atoms with E-state index >= 15 is 0 Å². The van der Waals surface area contributed by atoms with Gasteiger partial charge in [0.2, 0.25) is 0 Å². The molecule has 6 rings (SSSR count). The molecule has 4 aromatic carbocycles. The number of ether oxygens (including phenoxy) is 3. The molecule has 1 aliphatic heterocycles. The van der Waals surface area contributed by atoms with Crippen molar-refractivity contribution in [3.05, 3.63) is 138 Å². The molecule has 0 aromatic heterocycles. The van der Waals surface area contributed by atoms with Crippen LogP contribution in [0.2, 0.25) is 0 Å². The Labute approximate surface area is 213 Å². The van der Waals surface area contributed by atoms with E-state index in [9.17, 15) is 0 Å². The molecule has 1 fully saturated rings. The van der Waals surface area contributed by atoms with E-state index in [1.165, 1.54) is 16.7 Å². The molecule has 1 heterocycles. The van der Waals surface area contributed by atoms with Gasteiger partial charge in [-0.25, -0.2) is 0 Å². The van der Waals surface area contributed by atoms with Crippen LogP contribution in [0.4, 0.5) is 0 Å². The van der Waals surface area contributed by atoms with Gasteiger partial charge >= 0.3 is 0 Å². The third-order valence-corrected chi connectivity index (χ3v) is 7.28. The molecular weight excluding hydrogens is 444 g/mol. The van der Waals surface area contributed by atoms with Gasteiger partial charge in [0.1, 0.15) is 36.6 Å². The summed E-state index contributed by atoms with van der Waals surface area (Å²) in [6.07, 6.45) is 1.98. The first-order valence-electron chi connectivity index (χ1n) is 12.6. The average molecular weight is 475 g/mol. The van der Waals surface area contributed by atoms with Crippen LogP contribution < -0.4 is 14.2 Å². The molecule has 4 aromatic rings. The molecule has 0 N–H and O–H groups in total. The average Bonchev–Trinajstić information content (AvgIpc) is 3.33. The highest BCUT2D eigenvalue weighted by molar-refractivity contribution is 5.47. The van der Waals surface area contributed by atoms with Crippen molar-refractivity contribution in [1.29, 1.82) is 0 Å². The van der Waals surface area contributed by atoms with Gasteiger partial charge in [0.25, 0.3) is 0 Å². The lowest BCUT2D eigenvalue weighted by Crippen LogP contribution is -2.26. The summed E-state index contributed by atoms with van der Waals surface area (Å²) in [5, 5.41) is 0. The Kier molecular flexibility index (Phi) is 6.21. The molecule has 0 amide bonds. The van der Waals surface area contributed by atoms with Gasteiger partial charge in [-0.1, -0.05) is 84.9 Å². The van der Waals surface area contributed by atoms with Crippen LogP contribution in [-0.4, -0.2) is 0 Å². The SMILES string of the molecule is C=C1CC2c3cc(OCc4ccccc4)ccc3OC(c3ccc(OCc4ccccc4)cc3)C2C1. The minimum absolute atomic E-state index is 0.000936. The fourth-order valence-corrected chi connectivity index (χ4v) is 5.47. The van der Waals surface area contributed by atoms with Crippen LogP contribution in [0.5, 0.6) is 17.2 Å². The van der Waals surface area contributed by atoms with Crippen molar-refractivity contribution in [3.8, 4) is 17.2 Å². The summed E-state index contributed by atoms with van der Waals surface area (Å²) < 4.78 is 18.7. The summed E-state index contributed by atoms with van der Waals surface area (Å²) in [4.78, 5) is 0. The summed E-state index contributed by atoms with van der Waals surface area (Å²) in [6.45, 7) is 5.46. The number of allylic oxidation sites excluding steroid dienone is 1. The second kappa shape index (κ2) is 9.94. The lowest BCUT2D eigenvalue weighted by Gasteiger charge is -2.36. The first kappa shape index (κ1) is 22.5. The Morgan fingerprint density at radius 2 is 1.31 bits per heavy atom. The lowest BCUT2D eigenvalue weighted by atomic mass is 9.80. The second-order valence-electron chi connectivity index (χ2n) is 9.78. The van der Waals surface area contributed by atoms with Crippen LogP contribution in [0.25, 0.3) is 0 Å². The normalized spacial score (nSPS) is 20.2. The highest BCUT2D eigenvalue weighted by Crippen LogP contribution is 2.55. The molecule has 1 aliphatic carbocycles. The van der Waals surface area contributed by atoms with E-state index in [0.717, 1.165) is 41.2 Å². The molecule has 180 valence electrons. The van der Waals surface area contributed by atoms with Crippen molar-refractivity contribution in [2.75, 3.05) is 0 Å². The number of fused-ring (bicyclic) bond motifs is 3. The van der Waals surface area contributed by atoms with Crippen LogP contribution in [0, 0.1) is 5.92 Å². The standard InChI is InChI=1S/C33H30O3/c1-23-18-29-30-20-28(35-22-25-10-6-3-7-11-25)16-17-32(30)36-33(31(29)19-23)26-12-14-27(15-13-26)34-21-24-8-4-2-5-9-24/h2-17,20,29,31,33H,1,18-19,21-22H2.